The standard InChI is InChI=1S/C15H16N2/c16-11-15(7-8-15)14-6-9-17-10-13(14)12-4-2-1-3-5-12/h1-6,9-10H,7-8,11,16H2. The van der Waals surface area contributed by atoms with Crippen LogP contribution in [0.2, 0.25) is 0 Å². The van der Waals surface area contributed by atoms with E-state index in [2.05, 4.69) is 35.3 Å². The van der Waals surface area contributed by atoms with Gasteiger partial charge in [0.15, 0.2) is 0 Å². The van der Waals surface area contributed by atoms with E-state index in [1.807, 2.05) is 18.5 Å². The number of pyridine rings is 1. The molecule has 1 fully saturated rings. The molecule has 1 aromatic heterocycles. The fourth-order valence-electron chi connectivity index (χ4n) is 2.44. The number of hydrogen-bond donors (Lipinski definition) is 1. The van der Waals surface area contributed by atoms with Gasteiger partial charge in [-0.1, -0.05) is 30.3 Å². The molecule has 0 bridgehead atoms. The van der Waals surface area contributed by atoms with E-state index in [4.69, 9.17) is 5.73 Å². The van der Waals surface area contributed by atoms with Crippen LogP contribution in [0.4, 0.5) is 0 Å². The highest BCUT2D eigenvalue weighted by Crippen LogP contribution is 2.49. The van der Waals surface area contributed by atoms with E-state index in [-0.39, 0.29) is 5.41 Å². The molecule has 2 aromatic rings. The van der Waals surface area contributed by atoms with E-state index >= 15 is 0 Å². The summed E-state index contributed by atoms with van der Waals surface area (Å²) < 4.78 is 0. The Bertz CT molecular complexity index is 515. The fraction of sp³-hybridized carbons (Fsp3) is 0.267. The molecule has 3 rings (SSSR count). The molecule has 0 atom stereocenters. The maximum Gasteiger partial charge on any atom is 0.0349 e. The SMILES string of the molecule is NCC1(c2ccncc2-c2ccccc2)CC1. The molecule has 2 N–H and O–H groups in total. The molecule has 0 amide bonds. The number of benzene rings is 1. The second-order valence-corrected chi connectivity index (χ2v) is 4.77. The van der Waals surface area contributed by atoms with Crippen molar-refractivity contribution in [3.05, 3.63) is 54.4 Å². The highest BCUT2D eigenvalue weighted by atomic mass is 14.7. The topological polar surface area (TPSA) is 38.9 Å². The van der Waals surface area contributed by atoms with E-state index in [0.717, 1.165) is 6.54 Å². The van der Waals surface area contributed by atoms with Gasteiger partial charge in [0, 0.05) is 29.9 Å². The van der Waals surface area contributed by atoms with Crippen LogP contribution < -0.4 is 5.73 Å². The summed E-state index contributed by atoms with van der Waals surface area (Å²) in [6.45, 7) is 0.733. The van der Waals surface area contributed by atoms with Crippen molar-refractivity contribution in [2.75, 3.05) is 6.54 Å². The second kappa shape index (κ2) is 3.97. The van der Waals surface area contributed by atoms with Crippen molar-refractivity contribution in [2.24, 2.45) is 5.73 Å². The van der Waals surface area contributed by atoms with Crippen LogP contribution in [0.25, 0.3) is 11.1 Å². The second-order valence-electron chi connectivity index (χ2n) is 4.77. The summed E-state index contributed by atoms with van der Waals surface area (Å²) in [5, 5.41) is 0. The molecule has 0 spiro atoms. The molecule has 17 heavy (non-hydrogen) atoms. The van der Waals surface area contributed by atoms with Crippen LogP contribution in [0.15, 0.2) is 48.8 Å². The Morgan fingerprint density at radius 2 is 1.88 bits per heavy atom. The minimum atomic E-state index is 0.216. The van der Waals surface area contributed by atoms with E-state index in [1.165, 1.54) is 29.5 Å². The largest absolute Gasteiger partial charge is 0.330 e. The monoisotopic (exact) mass is 224 g/mol. The smallest absolute Gasteiger partial charge is 0.0349 e. The number of rotatable bonds is 3. The summed E-state index contributed by atoms with van der Waals surface area (Å²) >= 11 is 0. The van der Waals surface area contributed by atoms with Gasteiger partial charge in [0.25, 0.3) is 0 Å². The van der Waals surface area contributed by atoms with Gasteiger partial charge in [0.2, 0.25) is 0 Å². The zero-order valence-corrected chi connectivity index (χ0v) is 9.76. The van der Waals surface area contributed by atoms with Crippen molar-refractivity contribution in [1.29, 1.82) is 0 Å². The molecule has 86 valence electrons. The Hall–Kier alpha value is -1.67. The number of hydrogen-bond acceptors (Lipinski definition) is 2. The molecule has 0 saturated heterocycles. The van der Waals surface area contributed by atoms with Crippen LogP contribution in [0.1, 0.15) is 18.4 Å². The predicted octanol–water partition coefficient (Wildman–Crippen LogP) is 2.74. The molecule has 0 radical (unpaired) electrons. The van der Waals surface area contributed by atoms with Crippen molar-refractivity contribution in [1.82, 2.24) is 4.98 Å². The van der Waals surface area contributed by atoms with Gasteiger partial charge in [-0.2, -0.15) is 0 Å². The Morgan fingerprint density at radius 1 is 1.12 bits per heavy atom. The average Bonchev–Trinajstić information content (AvgIpc) is 3.21. The molecule has 2 nitrogen and oxygen atoms in total. The van der Waals surface area contributed by atoms with Crippen LogP contribution >= 0.6 is 0 Å². The lowest BCUT2D eigenvalue weighted by Crippen LogP contribution is -2.20. The fourth-order valence-corrected chi connectivity index (χ4v) is 2.44. The lowest BCUT2D eigenvalue weighted by molar-refractivity contribution is 0.705. The van der Waals surface area contributed by atoms with E-state index in [0.29, 0.717) is 0 Å². The summed E-state index contributed by atoms with van der Waals surface area (Å²) in [6, 6.07) is 12.6. The number of nitrogens with two attached hydrogens (primary N) is 1. The van der Waals surface area contributed by atoms with Crippen LogP contribution in [-0.4, -0.2) is 11.5 Å². The zero-order valence-electron chi connectivity index (χ0n) is 9.76. The summed E-state index contributed by atoms with van der Waals surface area (Å²) in [4.78, 5) is 4.26. The molecule has 2 heteroatoms. The van der Waals surface area contributed by atoms with Gasteiger partial charge in [-0.25, -0.2) is 0 Å². The van der Waals surface area contributed by atoms with Gasteiger partial charge < -0.3 is 5.73 Å². The third kappa shape index (κ3) is 1.75. The molecular weight excluding hydrogens is 208 g/mol. The maximum atomic E-state index is 5.93. The van der Waals surface area contributed by atoms with Gasteiger partial charge in [-0.3, -0.25) is 4.98 Å². The summed E-state index contributed by atoms with van der Waals surface area (Å²) in [7, 11) is 0. The lowest BCUT2D eigenvalue weighted by Gasteiger charge is -2.17. The molecular formula is C15H16N2. The van der Waals surface area contributed by atoms with Crippen LogP contribution in [0.5, 0.6) is 0 Å². The highest BCUT2D eigenvalue weighted by molar-refractivity contribution is 5.68. The van der Waals surface area contributed by atoms with Crippen molar-refractivity contribution in [2.45, 2.75) is 18.3 Å². The van der Waals surface area contributed by atoms with Crippen LogP contribution in [0.3, 0.4) is 0 Å². The Morgan fingerprint density at radius 3 is 2.53 bits per heavy atom. The van der Waals surface area contributed by atoms with Gasteiger partial charge in [-0.05, 0) is 30.0 Å². The maximum absolute atomic E-state index is 5.93. The van der Waals surface area contributed by atoms with Crippen LogP contribution in [0, 0.1) is 0 Å². The lowest BCUT2D eigenvalue weighted by atomic mass is 9.90. The summed E-state index contributed by atoms with van der Waals surface area (Å²) in [5.41, 5.74) is 9.97. The number of aromatic nitrogens is 1. The molecule has 1 aliphatic carbocycles. The minimum absolute atomic E-state index is 0.216. The van der Waals surface area contributed by atoms with Gasteiger partial charge in [0.1, 0.15) is 0 Å². The molecule has 1 heterocycles. The zero-order chi connectivity index (χ0) is 11.7. The van der Waals surface area contributed by atoms with Crippen molar-refractivity contribution < 1.29 is 0 Å². The Labute approximate surface area is 102 Å². The minimum Gasteiger partial charge on any atom is -0.330 e. The van der Waals surface area contributed by atoms with Gasteiger partial charge in [-0.15, -0.1) is 0 Å². The highest BCUT2D eigenvalue weighted by Gasteiger charge is 2.44. The first-order valence-electron chi connectivity index (χ1n) is 6.06. The van der Waals surface area contributed by atoms with Crippen molar-refractivity contribution in [3.8, 4) is 11.1 Å². The normalized spacial score (nSPS) is 16.8. The van der Waals surface area contributed by atoms with E-state index < -0.39 is 0 Å². The Balaban J connectivity index is 2.12. The molecule has 1 saturated carbocycles. The predicted molar refractivity (Wildman–Crippen MR) is 69.6 cm³/mol. The van der Waals surface area contributed by atoms with Crippen LogP contribution in [-0.2, 0) is 5.41 Å². The third-order valence-corrected chi connectivity index (χ3v) is 3.72. The average molecular weight is 224 g/mol. The van der Waals surface area contributed by atoms with Gasteiger partial charge in [0.05, 0.1) is 0 Å². The van der Waals surface area contributed by atoms with E-state index in [9.17, 15) is 0 Å². The summed E-state index contributed by atoms with van der Waals surface area (Å²) in [6.07, 6.45) is 6.23. The summed E-state index contributed by atoms with van der Waals surface area (Å²) in [5.74, 6) is 0. The molecule has 0 unspecified atom stereocenters. The first-order valence-corrected chi connectivity index (χ1v) is 6.06. The molecule has 1 aliphatic rings. The first-order chi connectivity index (χ1) is 8.36. The van der Waals surface area contributed by atoms with Crippen molar-refractivity contribution in [3.63, 3.8) is 0 Å². The van der Waals surface area contributed by atoms with Crippen molar-refractivity contribution >= 4 is 0 Å². The third-order valence-electron chi connectivity index (χ3n) is 3.72. The number of nitrogens with zero attached hydrogens (tertiary/aromatic N) is 1. The molecule has 0 aliphatic heterocycles. The quantitative estimate of drug-likeness (QED) is 0.870. The first kappa shape index (κ1) is 10.5. The Kier molecular flexibility index (Phi) is 2.45. The van der Waals surface area contributed by atoms with E-state index in [1.54, 1.807) is 0 Å². The molecule has 1 aromatic carbocycles. The van der Waals surface area contributed by atoms with Gasteiger partial charge >= 0.3 is 0 Å².